The van der Waals surface area contributed by atoms with Gasteiger partial charge in [-0.25, -0.2) is 4.68 Å². The van der Waals surface area contributed by atoms with Crippen molar-refractivity contribution in [2.24, 2.45) is 7.05 Å². The fourth-order valence-corrected chi connectivity index (χ4v) is 2.53. The highest BCUT2D eigenvalue weighted by Crippen LogP contribution is 2.26. The summed E-state index contributed by atoms with van der Waals surface area (Å²) in [5.41, 5.74) is 3.20. The summed E-state index contributed by atoms with van der Waals surface area (Å²) >= 11 is 0. The number of hydrogen-bond acceptors (Lipinski definition) is 4. The van der Waals surface area contributed by atoms with Gasteiger partial charge < -0.3 is 14.8 Å². The minimum atomic E-state index is 0.172. The highest BCUT2D eigenvalue weighted by atomic mass is 16.5. The molecule has 0 aliphatic heterocycles. The predicted octanol–water partition coefficient (Wildman–Crippen LogP) is 2.60. The minimum absolute atomic E-state index is 0.172. The molecule has 1 heterocycles. The molecule has 0 amide bonds. The standard InChI is InChI=1S/C16H23N3O2/c1-11(13-8-6-7-9-15(13)20-4)17-10-14-12(2)18-19(3)16(14)21-5/h6-9,11,17H,10H2,1-5H3. The van der Waals surface area contributed by atoms with Crippen LogP contribution in [-0.2, 0) is 13.6 Å². The zero-order chi connectivity index (χ0) is 15.4. The smallest absolute Gasteiger partial charge is 0.216 e. The zero-order valence-corrected chi connectivity index (χ0v) is 13.3. The quantitative estimate of drug-likeness (QED) is 0.888. The number of ether oxygens (including phenoxy) is 2. The van der Waals surface area contributed by atoms with Crippen LogP contribution < -0.4 is 14.8 Å². The third-order valence-electron chi connectivity index (χ3n) is 3.67. The molecule has 0 fully saturated rings. The molecule has 1 aromatic carbocycles. The summed E-state index contributed by atoms with van der Waals surface area (Å²) in [5.74, 6) is 1.69. The van der Waals surface area contributed by atoms with Gasteiger partial charge in [0.15, 0.2) is 0 Å². The number of hydrogen-bond donors (Lipinski definition) is 1. The van der Waals surface area contributed by atoms with E-state index in [1.807, 2.05) is 32.2 Å². The van der Waals surface area contributed by atoms with Crippen molar-refractivity contribution in [1.29, 1.82) is 0 Å². The lowest BCUT2D eigenvalue weighted by Gasteiger charge is -2.17. The maximum absolute atomic E-state index is 5.42. The Bertz CT molecular complexity index is 608. The van der Waals surface area contributed by atoms with E-state index in [1.165, 1.54) is 0 Å². The minimum Gasteiger partial charge on any atom is -0.496 e. The number of para-hydroxylation sites is 1. The van der Waals surface area contributed by atoms with E-state index in [4.69, 9.17) is 9.47 Å². The van der Waals surface area contributed by atoms with E-state index >= 15 is 0 Å². The molecule has 114 valence electrons. The van der Waals surface area contributed by atoms with Gasteiger partial charge >= 0.3 is 0 Å². The summed E-state index contributed by atoms with van der Waals surface area (Å²) in [6.07, 6.45) is 0. The molecule has 0 spiro atoms. The molecule has 1 N–H and O–H groups in total. The van der Waals surface area contributed by atoms with Crippen LogP contribution in [0.3, 0.4) is 0 Å². The molecule has 0 saturated carbocycles. The van der Waals surface area contributed by atoms with E-state index in [-0.39, 0.29) is 6.04 Å². The van der Waals surface area contributed by atoms with Crippen LogP contribution in [0.25, 0.3) is 0 Å². The lowest BCUT2D eigenvalue weighted by atomic mass is 10.1. The fourth-order valence-electron chi connectivity index (χ4n) is 2.53. The lowest BCUT2D eigenvalue weighted by molar-refractivity contribution is 0.366. The molecular weight excluding hydrogens is 266 g/mol. The van der Waals surface area contributed by atoms with Crippen molar-refractivity contribution in [3.05, 3.63) is 41.1 Å². The largest absolute Gasteiger partial charge is 0.496 e. The van der Waals surface area contributed by atoms with Crippen molar-refractivity contribution in [3.8, 4) is 11.6 Å². The number of benzene rings is 1. The maximum Gasteiger partial charge on any atom is 0.216 e. The third kappa shape index (κ3) is 3.19. The second kappa shape index (κ2) is 6.63. The molecule has 1 aromatic heterocycles. The van der Waals surface area contributed by atoms with Crippen LogP contribution in [0.15, 0.2) is 24.3 Å². The Morgan fingerprint density at radius 2 is 1.95 bits per heavy atom. The molecule has 0 saturated heterocycles. The Kier molecular flexibility index (Phi) is 4.85. The number of rotatable bonds is 6. The van der Waals surface area contributed by atoms with Crippen molar-refractivity contribution >= 4 is 0 Å². The molecule has 2 rings (SSSR count). The molecule has 0 aliphatic carbocycles. The van der Waals surface area contributed by atoms with Crippen molar-refractivity contribution in [2.45, 2.75) is 26.4 Å². The average molecular weight is 289 g/mol. The first-order chi connectivity index (χ1) is 10.1. The fraction of sp³-hybridized carbons (Fsp3) is 0.438. The van der Waals surface area contributed by atoms with Crippen molar-refractivity contribution in [2.75, 3.05) is 14.2 Å². The lowest BCUT2D eigenvalue weighted by Crippen LogP contribution is -2.19. The van der Waals surface area contributed by atoms with Crippen LogP contribution in [-0.4, -0.2) is 24.0 Å². The second-order valence-corrected chi connectivity index (χ2v) is 5.04. The molecule has 5 heteroatoms. The van der Waals surface area contributed by atoms with Gasteiger partial charge in [0, 0.05) is 25.2 Å². The number of aromatic nitrogens is 2. The summed E-state index contributed by atoms with van der Waals surface area (Å²) in [5, 5.41) is 7.90. The maximum atomic E-state index is 5.42. The molecule has 5 nitrogen and oxygen atoms in total. The first kappa shape index (κ1) is 15.4. The number of aryl methyl sites for hydroxylation is 2. The monoisotopic (exact) mass is 289 g/mol. The summed E-state index contributed by atoms with van der Waals surface area (Å²) < 4.78 is 12.6. The molecule has 2 aromatic rings. The highest BCUT2D eigenvalue weighted by molar-refractivity contribution is 5.36. The van der Waals surface area contributed by atoms with E-state index in [9.17, 15) is 0 Å². The van der Waals surface area contributed by atoms with Crippen molar-refractivity contribution in [3.63, 3.8) is 0 Å². The van der Waals surface area contributed by atoms with Crippen LogP contribution >= 0.6 is 0 Å². The highest BCUT2D eigenvalue weighted by Gasteiger charge is 2.16. The first-order valence-corrected chi connectivity index (χ1v) is 7.01. The summed E-state index contributed by atoms with van der Waals surface area (Å²) in [7, 11) is 5.25. The van der Waals surface area contributed by atoms with Crippen LogP contribution in [0.2, 0.25) is 0 Å². The van der Waals surface area contributed by atoms with E-state index in [1.54, 1.807) is 18.9 Å². The SMILES string of the molecule is COc1ccccc1C(C)NCc1c(C)nn(C)c1OC. The zero-order valence-electron chi connectivity index (χ0n) is 13.3. The van der Waals surface area contributed by atoms with Gasteiger partial charge in [0.05, 0.1) is 25.5 Å². The van der Waals surface area contributed by atoms with Gasteiger partial charge in [0.2, 0.25) is 5.88 Å². The number of nitrogens with zero attached hydrogens (tertiary/aromatic N) is 2. The number of nitrogens with one attached hydrogen (secondary N) is 1. The first-order valence-electron chi connectivity index (χ1n) is 7.01. The Balaban J connectivity index is 2.13. The summed E-state index contributed by atoms with van der Waals surface area (Å²) in [6, 6.07) is 8.22. The van der Waals surface area contributed by atoms with Gasteiger partial charge in [0.25, 0.3) is 0 Å². The molecule has 0 bridgehead atoms. The average Bonchev–Trinajstić information content (AvgIpc) is 2.77. The van der Waals surface area contributed by atoms with Crippen molar-refractivity contribution < 1.29 is 9.47 Å². The Morgan fingerprint density at radius 3 is 2.62 bits per heavy atom. The summed E-state index contributed by atoms with van der Waals surface area (Å²) in [4.78, 5) is 0. The molecule has 21 heavy (non-hydrogen) atoms. The summed E-state index contributed by atoms with van der Waals surface area (Å²) in [6.45, 7) is 4.81. The van der Waals surface area contributed by atoms with Crippen LogP contribution in [0.4, 0.5) is 0 Å². The van der Waals surface area contributed by atoms with Crippen LogP contribution in [0.1, 0.15) is 29.8 Å². The topological polar surface area (TPSA) is 48.3 Å². The van der Waals surface area contributed by atoms with Crippen LogP contribution in [0, 0.1) is 6.92 Å². The van der Waals surface area contributed by atoms with Gasteiger partial charge in [-0.15, -0.1) is 0 Å². The Hall–Kier alpha value is -2.01. The molecule has 0 aliphatic rings. The van der Waals surface area contributed by atoms with Gasteiger partial charge in [-0.1, -0.05) is 18.2 Å². The van der Waals surface area contributed by atoms with Crippen LogP contribution in [0.5, 0.6) is 11.6 Å². The van der Waals surface area contributed by atoms with Gasteiger partial charge in [-0.3, -0.25) is 0 Å². The number of methoxy groups -OCH3 is 2. The van der Waals surface area contributed by atoms with Gasteiger partial charge in [-0.2, -0.15) is 5.10 Å². The van der Waals surface area contributed by atoms with E-state index < -0.39 is 0 Å². The normalized spacial score (nSPS) is 12.2. The van der Waals surface area contributed by atoms with E-state index in [0.29, 0.717) is 6.54 Å². The molecule has 1 atom stereocenters. The molecular formula is C16H23N3O2. The molecule has 0 radical (unpaired) electrons. The van der Waals surface area contributed by atoms with Crippen molar-refractivity contribution in [1.82, 2.24) is 15.1 Å². The van der Waals surface area contributed by atoms with Gasteiger partial charge in [-0.05, 0) is 19.9 Å². The molecule has 1 unspecified atom stereocenters. The Labute approximate surface area is 125 Å². The van der Waals surface area contributed by atoms with E-state index in [2.05, 4.69) is 23.4 Å². The second-order valence-electron chi connectivity index (χ2n) is 5.04. The predicted molar refractivity (Wildman–Crippen MR) is 82.7 cm³/mol. The Morgan fingerprint density at radius 1 is 1.24 bits per heavy atom. The van der Waals surface area contributed by atoms with Gasteiger partial charge in [0.1, 0.15) is 5.75 Å². The van der Waals surface area contributed by atoms with E-state index in [0.717, 1.165) is 28.5 Å². The third-order valence-corrected chi connectivity index (χ3v) is 3.67.